The highest BCUT2D eigenvalue weighted by Gasteiger charge is 2.42. The van der Waals surface area contributed by atoms with Crippen molar-refractivity contribution in [2.75, 3.05) is 25.1 Å². The molecular weight excluding hydrogens is 336 g/mol. The van der Waals surface area contributed by atoms with Crippen molar-refractivity contribution in [1.29, 1.82) is 0 Å². The SMILES string of the molecule is Cc1cccc(N2C(=O)C(c3cccs3)=C(N(C)CCO)C2=O)c1C. The summed E-state index contributed by atoms with van der Waals surface area (Å²) in [5, 5.41) is 11.1. The van der Waals surface area contributed by atoms with Crippen LogP contribution < -0.4 is 4.90 Å². The first-order valence-electron chi connectivity index (χ1n) is 8.02. The van der Waals surface area contributed by atoms with E-state index in [0.29, 0.717) is 17.0 Å². The van der Waals surface area contributed by atoms with Gasteiger partial charge in [0.1, 0.15) is 5.70 Å². The molecule has 2 aromatic rings. The Morgan fingerprint density at radius 2 is 1.88 bits per heavy atom. The van der Waals surface area contributed by atoms with E-state index in [1.165, 1.54) is 16.2 Å². The van der Waals surface area contributed by atoms with Gasteiger partial charge in [0, 0.05) is 18.5 Å². The van der Waals surface area contributed by atoms with Crippen molar-refractivity contribution < 1.29 is 14.7 Å². The van der Waals surface area contributed by atoms with Gasteiger partial charge >= 0.3 is 0 Å². The molecule has 0 spiro atoms. The predicted octanol–water partition coefficient (Wildman–Crippen LogP) is 2.57. The monoisotopic (exact) mass is 356 g/mol. The van der Waals surface area contributed by atoms with E-state index in [9.17, 15) is 14.7 Å². The van der Waals surface area contributed by atoms with Gasteiger partial charge in [0.15, 0.2) is 0 Å². The maximum Gasteiger partial charge on any atom is 0.282 e. The zero-order valence-electron chi connectivity index (χ0n) is 14.4. The first kappa shape index (κ1) is 17.4. The Kier molecular flexibility index (Phi) is 4.74. The van der Waals surface area contributed by atoms with Gasteiger partial charge in [0.25, 0.3) is 11.8 Å². The topological polar surface area (TPSA) is 60.9 Å². The highest BCUT2D eigenvalue weighted by molar-refractivity contribution is 7.11. The second-order valence-electron chi connectivity index (χ2n) is 6.01. The third-order valence-corrected chi connectivity index (χ3v) is 5.35. The number of hydrogen-bond acceptors (Lipinski definition) is 5. The van der Waals surface area contributed by atoms with Gasteiger partial charge in [-0.25, -0.2) is 4.90 Å². The number of aliphatic hydroxyl groups is 1. The van der Waals surface area contributed by atoms with Crippen LogP contribution >= 0.6 is 11.3 Å². The van der Waals surface area contributed by atoms with Gasteiger partial charge in [-0.2, -0.15) is 0 Å². The molecule has 2 heterocycles. The van der Waals surface area contributed by atoms with Crippen molar-refractivity contribution in [2.24, 2.45) is 0 Å². The zero-order chi connectivity index (χ0) is 18.1. The van der Waals surface area contributed by atoms with Crippen LogP contribution in [-0.4, -0.2) is 42.0 Å². The van der Waals surface area contributed by atoms with E-state index in [4.69, 9.17) is 0 Å². The Morgan fingerprint density at radius 3 is 2.52 bits per heavy atom. The predicted molar refractivity (Wildman–Crippen MR) is 99.4 cm³/mol. The third kappa shape index (κ3) is 2.88. The number of thiophene rings is 1. The number of carbonyl (C=O) groups excluding carboxylic acids is 2. The minimum absolute atomic E-state index is 0.0946. The van der Waals surface area contributed by atoms with E-state index in [1.54, 1.807) is 18.0 Å². The first-order chi connectivity index (χ1) is 12.0. The molecule has 0 radical (unpaired) electrons. The maximum atomic E-state index is 13.2. The van der Waals surface area contributed by atoms with Crippen LogP contribution in [0.15, 0.2) is 41.4 Å². The number of anilines is 1. The van der Waals surface area contributed by atoms with Crippen molar-refractivity contribution in [2.45, 2.75) is 13.8 Å². The van der Waals surface area contributed by atoms with Gasteiger partial charge in [-0.15, -0.1) is 11.3 Å². The fourth-order valence-corrected chi connectivity index (χ4v) is 3.74. The lowest BCUT2D eigenvalue weighted by atomic mass is 10.1. The van der Waals surface area contributed by atoms with Crippen LogP contribution in [0.1, 0.15) is 16.0 Å². The number of nitrogens with zero attached hydrogens (tertiary/aromatic N) is 2. The summed E-state index contributed by atoms with van der Waals surface area (Å²) in [5.41, 5.74) is 3.27. The van der Waals surface area contributed by atoms with Gasteiger partial charge in [-0.1, -0.05) is 18.2 Å². The van der Waals surface area contributed by atoms with Crippen molar-refractivity contribution in [1.82, 2.24) is 4.90 Å². The molecule has 2 amide bonds. The van der Waals surface area contributed by atoms with E-state index >= 15 is 0 Å². The summed E-state index contributed by atoms with van der Waals surface area (Å²) in [5.74, 6) is -0.668. The highest BCUT2D eigenvalue weighted by atomic mass is 32.1. The Labute approximate surface area is 150 Å². The number of rotatable bonds is 5. The Morgan fingerprint density at radius 1 is 1.12 bits per heavy atom. The fourth-order valence-electron chi connectivity index (χ4n) is 2.97. The molecule has 0 saturated heterocycles. The molecule has 25 heavy (non-hydrogen) atoms. The van der Waals surface area contributed by atoms with Crippen molar-refractivity contribution >= 4 is 34.4 Å². The van der Waals surface area contributed by atoms with Crippen LogP contribution in [0.4, 0.5) is 5.69 Å². The number of imide groups is 1. The summed E-state index contributed by atoms with van der Waals surface area (Å²) in [6.45, 7) is 4.05. The molecule has 1 aromatic carbocycles. The number of amides is 2. The number of carbonyl (C=O) groups is 2. The number of aryl methyl sites for hydroxylation is 1. The van der Waals surface area contributed by atoms with Crippen LogP contribution in [0, 0.1) is 13.8 Å². The molecule has 1 aliphatic rings. The van der Waals surface area contributed by atoms with Crippen LogP contribution in [0.5, 0.6) is 0 Å². The molecule has 1 aromatic heterocycles. The Hall–Kier alpha value is -2.44. The summed E-state index contributed by atoms with van der Waals surface area (Å²) in [7, 11) is 1.72. The largest absolute Gasteiger partial charge is 0.395 e. The molecule has 5 nitrogen and oxygen atoms in total. The average Bonchev–Trinajstić information content (AvgIpc) is 3.17. The lowest BCUT2D eigenvalue weighted by Crippen LogP contribution is -2.35. The van der Waals surface area contributed by atoms with Crippen LogP contribution in [-0.2, 0) is 9.59 Å². The number of likely N-dealkylation sites (N-methyl/N-ethyl adjacent to an activating group) is 1. The lowest BCUT2D eigenvalue weighted by molar-refractivity contribution is -0.120. The molecular formula is C19H20N2O3S. The van der Waals surface area contributed by atoms with Crippen molar-refractivity contribution in [3.05, 3.63) is 57.4 Å². The van der Waals surface area contributed by atoms with Crippen LogP contribution in [0.2, 0.25) is 0 Å². The van der Waals surface area contributed by atoms with Gasteiger partial charge in [-0.3, -0.25) is 9.59 Å². The molecule has 1 aliphatic heterocycles. The summed E-state index contributed by atoms with van der Waals surface area (Å²) >= 11 is 1.42. The van der Waals surface area contributed by atoms with E-state index in [1.807, 2.05) is 43.5 Å². The number of aliphatic hydroxyl groups excluding tert-OH is 1. The van der Waals surface area contributed by atoms with E-state index in [2.05, 4.69) is 0 Å². The fraction of sp³-hybridized carbons (Fsp3) is 0.263. The van der Waals surface area contributed by atoms with Crippen LogP contribution in [0.25, 0.3) is 5.57 Å². The van der Waals surface area contributed by atoms with Crippen molar-refractivity contribution in [3.8, 4) is 0 Å². The maximum absolute atomic E-state index is 13.2. The quantitative estimate of drug-likeness (QED) is 0.837. The normalized spacial score (nSPS) is 14.6. The Bertz CT molecular complexity index is 856. The molecule has 0 unspecified atom stereocenters. The number of hydrogen-bond donors (Lipinski definition) is 1. The van der Waals surface area contributed by atoms with Gasteiger partial charge in [-0.05, 0) is 42.5 Å². The summed E-state index contributed by atoms with van der Waals surface area (Å²) < 4.78 is 0. The first-order valence-corrected chi connectivity index (χ1v) is 8.90. The van der Waals surface area contributed by atoms with E-state index in [0.717, 1.165) is 16.0 Å². The van der Waals surface area contributed by atoms with E-state index < -0.39 is 0 Å². The van der Waals surface area contributed by atoms with Gasteiger partial charge in [0.2, 0.25) is 0 Å². The molecule has 0 bridgehead atoms. The lowest BCUT2D eigenvalue weighted by Gasteiger charge is -2.21. The second kappa shape index (κ2) is 6.82. The zero-order valence-corrected chi connectivity index (χ0v) is 15.3. The molecule has 130 valence electrons. The molecule has 3 rings (SSSR count). The van der Waals surface area contributed by atoms with Crippen molar-refractivity contribution in [3.63, 3.8) is 0 Å². The molecule has 1 N–H and O–H groups in total. The summed E-state index contributed by atoms with van der Waals surface area (Å²) in [6.07, 6.45) is 0. The van der Waals surface area contributed by atoms with Gasteiger partial charge < -0.3 is 10.0 Å². The van der Waals surface area contributed by atoms with Crippen LogP contribution in [0.3, 0.4) is 0 Å². The highest BCUT2D eigenvalue weighted by Crippen LogP contribution is 2.37. The summed E-state index contributed by atoms with van der Waals surface area (Å²) in [6, 6.07) is 9.29. The third-order valence-electron chi connectivity index (χ3n) is 4.46. The van der Waals surface area contributed by atoms with Gasteiger partial charge in [0.05, 0.1) is 17.9 Å². The Balaban J connectivity index is 2.14. The average molecular weight is 356 g/mol. The number of benzene rings is 1. The molecule has 0 atom stereocenters. The molecule has 0 aliphatic carbocycles. The summed E-state index contributed by atoms with van der Waals surface area (Å²) in [4.78, 5) is 30.0. The molecule has 6 heteroatoms. The molecule has 0 fully saturated rings. The minimum Gasteiger partial charge on any atom is -0.395 e. The smallest absolute Gasteiger partial charge is 0.282 e. The standard InChI is InChI=1S/C19H20N2O3S/c1-12-6-4-7-14(13(12)2)21-18(23)16(15-8-5-11-25-15)17(19(21)24)20(3)9-10-22/h4-8,11,22H,9-10H2,1-3H3. The minimum atomic E-state index is -0.349. The second-order valence-corrected chi connectivity index (χ2v) is 6.96. The molecule has 0 saturated carbocycles. The van der Waals surface area contributed by atoms with E-state index in [-0.39, 0.29) is 25.0 Å².